The molecule has 1 amide bonds. The fourth-order valence-electron chi connectivity index (χ4n) is 5.02. The molecule has 0 N–H and O–H groups in total. The average molecular weight is 597 g/mol. The molecule has 4 heterocycles. The number of halogens is 1. The van der Waals surface area contributed by atoms with Gasteiger partial charge in [-0.25, -0.2) is 13.4 Å². The molecule has 1 atom stereocenters. The summed E-state index contributed by atoms with van der Waals surface area (Å²) < 4.78 is 35.1. The van der Waals surface area contributed by atoms with Crippen molar-refractivity contribution in [2.75, 3.05) is 57.4 Å². The lowest BCUT2D eigenvalue weighted by Crippen LogP contribution is -2.47. The Morgan fingerprint density at radius 3 is 2.74 bits per heavy atom. The molecule has 2 aromatic heterocycles. The predicted molar refractivity (Wildman–Crippen MR) is 154 cm³/mol. The first-order chi connectivity index (χ1) is 18.3. The van der Waals surface area contributed by atoms with E-state index in [4.69, 9.17) is 21.3 Å². The maximum atomic E-state index is 14.0. The molecule has 0 saturated carbocycles. The van der Waals surface area contributed by atoms with Crippen molar-refractivity contribution >= 4 is 65.6 Å². The van der Waals surface area contributed by atoms with Gasteiger partial charge in [0, 0.05) is 39.3 Å². The third kappa shape index (κ3) is 6.24. The van der Waals surface area contributed by atoms with Crippen LogP contribution in [0.25, 0.3) is 10.2 Å². The van der Waals surface area contributed by atoms with E-state index in [-0.39, 0.29) is 16.7 Å². The summed E-state index contributed by atoms with van der Waals surface area (Å²) in [4.78, 5) is 23.0. The maximum absolute atomic E-state index is 14.0. The Morgan fingerprint density at radius 1 is 1.18 bits per heavy atom. The van der Waals surface area contributed by atoms with Crippen molar-refractivity contribution in [2.45, 2.75) is 36.8 Å². The van der Waals surface area contributed by atoms with Crippen LogP contribution in [0.1, 0.15) is 31.7 Å². The van der Waals surface area contributed by atoms with Crippen LogP contribution in [0.4, 0.5) is 5.13 Å². The lowest BCUT2D eigenvalue weighted by molar-refractivity contribution is -0.123. The van der Waals surface area contributed by atoms with E-state index in [1.165, 1.54) is 27.3 Å². The molecule has 8 nitrogen and oxygen atoms in total. The number of anilines is 1. The average Bonchev–Trinajstić information content (AvgIpc) is 3.57. The number of sulfonamides is 1. The number of piperidine rings is 1. The van der Waals surface area contributed by atoms with Crippen LogP contribution in [0.15, 0.2) is 34.5 Å². The van der Waals surface area contributed by atoms with Gasteiger partial charge in [-0.3, -0.25) is 14.6 Å². The third-order valence-electron chi connectivity index (χ3n) is 7.18. The molecule has 0 bridgehead atoms. The van der Waals surface area contributed by atoms with Crippen molar-refractivity contribution in [1.29, 1.82) is 0 Å². The quantitative estimate of drug-likeness (QED) is 0.355. The minimum absolute atomic E-state index is 0.0501. The number of aryl methyl sites for hydroxylation is 1. The number of hydrogen-bond acceptors (Lipinski definition) is 8. The van der Waals surface area contributed by atoms with E-state index < -0.39 is 15.9 Å². The molecule has 3 aromatic rings. The van der Waals surface area contributed by atoms with Gasteiger partial charge in [0.2, 0.25) is 5.91 Å². The number of morpholine rings is 1. The summed E-state index contributed by atoms with van der Waals surface area (Å²) in [6, 6.07) is 9.38. The zero-order valence-electron chi connectivity index (χ0n) is 21.5. The monoisotopic (exact) mass is 596 g/mol. The Kier molecular flexibility index (Phi) is 9.03. The SMILES string of the molecule is CCc1ccc2nc(N(CCCN3CCOCC3)C(=O)C3CCCN(S(=O)(=O)c4ccc(Cl)s4)C3)sc2c1. The van der Waals surface area contributed by atoms with Gasteiger partial charge in [0.15, 0.2) is 5.13 Å². The topological polar surface area (TPSA) is 83.1 Å². The molecule has 2 aliphatic heterocycles. The highest BCUT2D eigenvalue weighted by molar-refractivity contribution is 7.91. The van der Waals surface area contributed by atoms with Crippen LogP contribution in [0.3, 0.4) is 0 Å². The van der Waals surface area contributed by atoms with E-state index in [1.807, 2.05) is 6.07 Å². The van der Waals surface area contributed by atoms with E-state index in [2.05, 4.69) is 24.0 Å². The van der Waals surface area contributed by atoms with Crippen molar-refractivity contribution in [1.82, 2.24) is 14.2 Å². The molecular formula is C26H33ClN4O4S3. The van der Waals surface area contributed by atoms with E-state index >= 15 is 0 Å². The largest absolute Gasteiger partial charge is 0.379 e. The van der Waals surface area contributed by atoms with E-state index in [0.29, 0.717) is 35.4 Å². The molecule has 1 unspecified atom stereocenters. The van der Waals surface area contributed by atoms with Crippen LogP contribution < -0.4 is 4.90 Å². The summed E-state index contributed by atoms with van der Waals surface area (Å²) in [5.74, 6) is -0.471. The Bertz CT molecular complexity index is 1370. The zero-order valence-corrected chi connectivity index (χ0v) is 24.7. The first kappa shape index (κ1) is 27.9. The minimum Gasteiger partial charge on any atom is -0.379 e. The minimum atomic E-state index is -3.69. The molecule has 2 aliphatic rings. The Hall–Kier alpha value is -1.60. The Morgan fingerprint density at radius 2 is 2.00 bits per heavy atom. The number of carbonyl (C=O) groups excluding carboxylic acids is 1. The first-order valence-corrected chi connectivity index (χ1v) is 16.6. The third-order valence-corrected chi connectivity index (χ3v) is 11.8. The molecule has 1 aromatic carbocycles. The van der Waals surface area contributed by atoms with Crippen molar-refractivity contribution in [3.05, 3.63) is 40.2 Å². The predicted octanol–water partition coefficient (Wildman–Crippen LogP) is 4.73. The summed E-state index contributed by atoms with van der Waals surface area (Å²) >= 11 is 8.59. The lowest BCUT2D eigenvalue weighted by Gasteiger charge is -2.34. The number of benzene rings is 1. The molecule has 0 aliphatic carbocycles. The fourth-order valence-corrected chi connectivity index (χ4v) is 9.24. The molecule has 206 valence electrons. The fraction of sp³-hybridized carbons (Fsp3) is 0.538. The number of rotatable bonds is 9. The number of hydrogen-bond donors (Lipinski definition) is 0. The van der Waals surface area contributed by atoms with Gasteiger partial charge in [-0.2, -0.15) is 4.31 Å². The molecule has 12 heteroatoms. The van der Waals surface area contributed by atoms with E-state index in [9.17, 15) is 13.2 Å². The van der Waals surface area contributed by atoms with Crippen LogP contribution >= 0.6 is 34.3 Å². The zero-order chi connectivity index (χ0) is 26.7. The number of nitrogens with zero attached hydrogens (tertiary/aromatic N) is 4. The summed E-state index contributed by atoms with van der Waals surface area (Å²) in [5.41, 5.74) is 2.12. The van der Waals surface area contributed by atoms with Gasteiger partial charge in [-0.15, -0.1) is 11.3 Å². The number of thiophene rings is 1. The maximum Gasteiger partial charge on any atom is 0.252 e. The van der Waals surface area contributed by atoms with Gasteiger partial charge in [-0.1, -0.05) is 35.9 Å². The standard InChI is InChI=1S/C26H33ClN4O4S3/c1-2-19-6-7-21-22(17-19)36-26(28-21)31(12-4-10-29-13-15-35-16-14-29)25(32)20-5-3-11-30(18-20)38(33,34)24-9-8-23(27)37-24/h6-9,17,20H,2-5,10-16,18H2,1H3. The van der Waals surface area contributed by atoms with Gasteiger partial charge in [-0.05, 0) is 55.5 Å². The second kappa shape index (κ2) is 12.3. The van der Waals surface area contributed by atoms with Gasteiger partial charge in [0.1, 0.15) is 4.21 Å². The van der Waals surface area contributed by atoms with Crippen LogP contribution in [0, 0.1) is 5.92 Å². The molecule has 0 radical (unpaired) electrons. The van der Waals surface area contributed by atoms with Crippen LogP contribution in [-0.2, 0) is 26.0 Å². The Balaban J connectivity index is 1.36. The summed E-state index contributed by atoms with van der Waals surface area (Å²) in [6.07, 6.45) is 3.04. The number of thiazole rings is 1. The Labute approximate surface area is 237 Å². The number of ether oxygens (including phenoxy) is 1. The van der Waals surface area contributed by atoms with E-state index in [0.717, 1.165) is 67.2 Å². The lowest BCUT2D eigenvalue weighted by atomic mass is 9.98. The normalized spacial score (nSPS) is 19.7. The highest BCUT2D eigenvalue weighted by Crippen LogP contribution is 2.34. The van der Waals surface area contributed by atoms with Gasteiger partial charge < -0.3 is 4.74 Å². The van der Waals surface area contributed by atoms with Crippen LogP contribution in [0.2, 0.25) is 4.34 Å². The summed E-state index contributed by atoms with van der Waals surface area (Å²) in [7, 11) is -3.69. The van der Waals surface area contributed by atoms with Crippen molar-refractivity contribution in [3.8, 4) is 0 Å². The highest BCUT2D eigenvalue weighted by Gasteiger charge is 2.36. The van der Waals surface area contributed by atoms with Crippen LogP contribution in [0.5, 0.6) is 0 Å². The summed E-state index contributed by atoms with van der Waals surface area (Å²) in [6.45, 7) is 7.39. The highest BCUT2D eigenvalue weighted by atomic mass is 35.5. The van der Waals surface area contributed by atoms with Gasteiger partial charge >= 0.3 is 0 Å². The molecule has 2 fully saturated rings. The molecular weight excluding hydrogens is 564 g/mol. The van der Waals surface area contributed by atoms with Crippen molar-refractivity contribution < 1.29 is 17.9 Å². The number of fused-ring (bicyclic) bond motifs is 1. The van der Waals surface area contributed by atoms with Gasteiger partial charge in [0.25, 0.3) is 10.0 Å². The summed E-state index contributed by atoms with van der Waals surface area (Å²) in [5, 5.41) is 0.685. The number of carbonyl (C=O) groups is 1. The van der Waals surface area contributed by atoms with Crippen molar-refractivity contribution in [3.63, 3.8) is 0 Å². The smallest absolute Gasteiger partial charge is 0.252 e. The molecule has 2 saturated heterocycles. The molecule has 38 heavy (non-hydrogen) atoms. The second-order valence-electron chi connectivity index (χ2n) is 9.71. The van der Waals surface area contributed by atoms with Gasteiger partial charge in [0.05, 0.1) is 33.7 Å². The number of aromatic nitrogens is 1. The van der Waals surface area contributed by atoms with E-state index in [1.54, 1.807) is 11.0 Å². The number of amides is 1. The first-order valence-electron chi connectivity index (χ1n) is 13.1. The molecule has 5 rings (SSSR count). The van der Waals surface area contributed by atoms with Crippen molar-refractivity contribution in [2.24, 2.45) is 5.92 Å². The second-order valence-corrected chi connectivity index (χ2v) is 14.6. The molecule has 0 spiro atoms. The van der Waals surface area contributed by atoms with Crippen LogP contribution in [-0.4, -0.2) is 81.0 Å².